The first-order valence-electron chi connectivity index (χ1n) is 7.49. The lowest BCUT2D eigenvalue weighted by molar-refractivity contribution is -0.0414. The average Bonchev–Trinajstić information content (AvgIpc) is 2.35. The standard InChI is InChI=1S/C17H26ClNO/c1-17(2)9-5-7-14(16(17)20)12-19(3)11-13-6-4-8-15(18)10-13/h4,6,8,10,14,16,20H,5,7,9,11-12H2,1-3H3. The van der Waals surface area contributed by atoms with Crippen LogP contribution in [-0.4, -0.2) is 29.7 Å². The van der Waals surface area contributed by atoms with Gasteiger partial charge in [0.25, 0.3) is 0 Å². The Morgan fingerprint density at radius 2 is 2.15 bits per heavy atom. The van der Waals surface area contributed by atoms with E-state index in [1.54, 1.807) is 0 Å². The SMILES string of the molecule is CN(Cc1cccc(Cl)c1)CC1CCCC(C)(C)C1O. The van der Waals surface area contributed by atoms with Crippen molar-refractivity contribution in [2.75, 3.05) is 13.6 Å². The zero-order chi connectivity index (χ0) is 14.8. The summed E-state index contributed by atoms with van der Waals surface area (Å²) in [5.41, 5.74) is 1.28. The van der Waals surface area contributed by atoms with Gasteiger partial charge in [0.15, 0.2) is 0 Å². The van der Waals surface area contributed by atoms with Crippen molar-refractivity contribution in [2.45, 2.75) is 45.8 Å². The van der Waals surface area contributed by atoms with Gasteiger partial charge < -0.3 is 10.0 Å². The highest BCUT2D eigenvalue weighted by Gasteiger charge is 2.37. The van der Waals surface area contributed by atoms with Crippen molar-refractivity contribution < 1.29 is 5.11 Å². The van der Waals surface area contributed by atoms with Crippen molar-refractivity contribution in [1.82, 2.24) is 4.90 Å². The van der Waals surface area contributed by atoms with Gasteiger partial charge in [-0.05, 0) is 48.9 Å². The molecule has 0 bridgehead atoms. The molecule has 1 aromatic rings. The Morgan fingerprint density at radius 3 is 2.85 bits per heavy atom. The molecule has 2 nitrogen and oxygen atoms in total. The van der Waals surface area contributed by atoms with Crippen molar-refractivity contribution in [1.29, 1.82) is 0 Å². The number of hydrogen-bond acceptors (Lipinski definition) is 2. The molecule has 2 rings (SSSR count). The summed E-state index contributed by atoms with van der Waals surface area (Å²) in [6, 6.07) is 8.01. The molecule has 1 N–H and O–H groups in total. The lowest BCUT2D eigenvalue weighted by Gasteiger charge is -2.42. The zero-order valence-corrected chi connectivity index (χ0v) is 13.5. The van der Waals surface area contributed by atoms with Crippen molar-refractivity contribution in [3.63, 3.8) is 0 Å². The molecule has 1 fully saturated rings. The molecule has 1 saturated carbocycles. The summed E-state index contributed by atoms with van der Waals surface area (Å²) >= 11 is 6.02. The molecule has 1 aliphatic rings. The van der Waals surface area contributed by atoms with Crippen LogP contribution in [0.15, 0.2) is 24.3 Å². The maximum atomic E-state index is 10.5. The normalized spacial score (nSPS) is 25.9. The topological polar surface area (TPSA) is 23.5 Å². The molecule has 0 aromatic heterocycles. The van der Waals surface area contributed by atoms with Crippen molar-refractivity contribution in [2.24, 2.45) is 11.3 Å². The van der Waals surface area contributed by atoms with Crippen LogP contribution >= 0.6 is 11.6 Å². The van der Waals surface area contributed by atoms with Gasteiger partial charge in [-0.1, -0.05) is 44.0 Å². The minimum atomic E-state index is -0.196. The molecular weight excluding hydrogens is 270 g/mol. The zero-order valence-electron chi connectivity index (χ0n) is 12.8. The molecule has 1 aliphatic carbocycles. The number of aliphatic hydroxyl groups excluding tert-OH is 1. The largest absolute Gasteiger partial charge is 0.392 e. The fourth-order valence-electron chi connectivity index (χ4n) is 3.37. The minimum Gasteiger partial charge on any atom is -0.392 e. The number of benzene rings is 1. The second-order valence-electron chi connectivity index (χ2n) is 6.91. The van der Waals surface area contributed by atoms with E-state index in [-0.39, 0.29) is 11.5 Å². The second-order valence-corrected chi connectivity index (χ2v) is 7.35. The highest BCUT2D eigenvalue weighted by Crippen LogP contribution is 2.39. The molecule has 20 heavy (non-hydrogen) atoms. The summed E-state index contributed by atoms with van der Waals surface area (Å²) in [5.74, 6) is 0.378. The summed E-state index contributed by atoms with van der Waals surface area (Å²) in [7, 11) is 2.12. The van der Waals surface area contributed by atoms with E-state index in [9.17, 15) is 5.11 Å². The van der Waals surface area contributed by atoms with E-state index in [4.69, 9.17) is 11.6 Å². The maximum absolute atomic E-state index is 10.5. The Labute approximate surface area is 127 Å². The van der Waals surface area contributed by atoms with Crippen molar-refractivity contribution in [3.05, 3.63) is 34.9 Å². The Kier molecular flexibility index (Phi) is 5.11. The van der Waals surface area contributed by atoms with Crippen LogP contribution in [0.2, 0.25) is 5.02 Å². The first kappa shape index (κ1) is 15.8. The lowest BCUT2D eigenvalue weighted by Crippen LogP contribution is -2.44. The fourth-order valence-corrected chi connectivity index (χ4v) is 3.58. The second kappa shape index (κ2) is 6.46. The summed E-state index contributed by atoms with van der Waals surface area (Å²) < 4.78 is 0. The van der Waals surface area contributed by atoms with E-state index in [1.807, 2.05) is 18.2 Å². The number of hydrogen-bond donors (Lipinski definition) is 1. The van der Waals surface area contributed by atoms with Gasteiger partial charge >= 0.3 is 0 Å². The summed E-state index contributed by atoms with van der Waals surface area (Å²) in [6.45, 7) is 6.18. The molecule has 0 aliphatic heterocycles. The highest BCUT2D eigenvalue weighted by molar-refractivity contribution is 6.30. The van der Waals surface area contributed by atoms with Crippen LogP contribution in [0.3, 0.4) is 0 Å². The molecule has 112 valence electrons. The third kappa shape index (κ3) is 3.97. The first-order valence-corrected chi connectivity index (χ1v) is 7.87. The van der Waals surface area contributed by atoms with E-state index < -0.39 is 0 Å². The third-order valence-electron chi connectivity index (χ3n) is 4.53. The Hall–Kier alpha value is -0.570. The molecule has 0 heterocycles. The van der Waals surface area contributed by atoms with Gasteiger partial charge in [0, 0.05) is 18.1 Å². The van der Waals surface area contributed by atoms with Crippen LogP contribution in [0, 0.1) is 11.3 Å². The molecule has 3 heteroatoms. The predicted octanol–water partition coefficient (Wildman–Crippen LogP) is 3.96. The van der Waals surface area contributed by atoms with Gasteiger partial charge in [-0.3, -0.25) is 0 Å². The molecule has 0 radical (unpaired) electrons. The first-order chi connectivity index (χ1) is 9.38. The van der Waals surface area contributed by atoms with Crippen LogP contribution in [0.25, 0.3) is 0 Å². The summed E-state index contributed by atoms with van der Waals surface area (Å²) in [4.78, 5) is 2.29. The van der Waals surface area contributed by atoms with E-state index in [0.29, 0.717) is 5.92 Å². The molecule has 2 unspecified atom stereocenters. The highest BCUT2D eigenvalue weighted by atomic mass is 35.5. The predicted molar refractivity (Wildman–Crippen MR) is 84.9 cm³/mol. The lowest BCUT2D eigenvalue weighted by atomic mass is 9.69. The van der Waals surface area contributed by atoms with Gasteiger partial charge in [-0.25, -0.2) is 0 Å². The van der Waals surface area contributed by atoms with Gasteiger partial charge in [0.05, 0.1) is 6.10 Å². The number of aliphatic hydroxyl groups is 1. The van der Waals surface area contributed by atoms with Gasteiger partial charge in [0.1, 0.15) is 0 Å². The quantitative estimate of drug-likeness (QED) is 0.909. The number of nitrogens with zero attached hydrogens (tertiary/aromatic N) is 1. The molecule has 0 amide bonds. The molecule has 1 aromatic carbocycles. The van der Waals surface area contributed by atoms with E-state index >= 15 is 0 Å². The van der Waals surface area contributed by atoms with E-state index in [0.717, 1.165) is 31.0 Å². The van der Waals surface area contributed by atoms with Crippen molar-refractivity contribution in [3.8, 4) is 0 Å². The third-order valence-corrected chi connectivity index (χ3v) is 4.77. The van der Waals surface area contributed by atoms with E-state index in [1.165, 1.54) is 12.0 Å². The van der Waals surface area contributed by atoms with Crippen LogP contribution in [0.5, 0.6) is 0 Å². The van der Waals surface area contributed by atoms with Crippen LogP contribution in [-0.2, 0) is 6.54 Å². The van der Waals surface area contributed by atoms with Crippen LogP contribution in [0.1, 0.15) is 38.7 Å². The Bertz CT molecular complexity index is 446. The van der Waals surface area contributed by atoms with Crippen LogP contribution in [0.4, 0.5) is 0 Å². The number of halogens is 1. The molecular formula is C17H26ClNO. The monoisotopic (exact) mass is 295 g/mol. The van der Waals surface area contributed by atoms with Gasteiger partial charge in [0.2, 0.25) is 0 Å². The van der Waals surface area contributed by atoms with Crippen LogP contribution < -0.4 is 0 Å². The smallest absolute Gasteiger partial charge is 0.0631 e. The Balaban J connectivity index is 1.92. The maximum Gasteiger partial charge on any atom is 0.0631 e. The molecule has 0 saturated heterocycles. The molecule has 2 atom stereocenters. The molecule has 0 spiro atoms. The van der Waals surface area contributed by atoms with Crippen molar-refractivity contribution >= 4 is 11.6 Å². The average molecular weight is 296 g/mol. The summed E-state index contributed by atoms with van der Waals surface area (Å²) in [6.07, 6.45) is 3.28. The Morgan fingerprint density at radius 1 is 1.40 bits per heavy atom. The minimum absolute atomic E-state index is 0.0554. The summed E-state index contributed by atoms with van der Waals surface area (Å²) in [5, 5.41) is 11.3. The van der Waals surface area contributed by atoms with Gasteiger partial charge in [-0.15, -0.1) is 0 Å². The fraction of sp³-hybridized carbons (Fsp3) is 0.647. The number of rotatable bonds is 4. The van der Waals surface area contributed by atoms with Gasteiger partial charge in [-0.2, -0.15) is 0 Å². The van der Waals surface area contributed by atoms with E-state index in [2.05, 4.69) is 31.9 Å².